The van der Waals surface area contributed by atoms with E-state index in [1.165, 1.54) is 38.5 Å². The van der Waals surface area contributed by atoms with Crippen LogP contribution in [0.3, 0.4) is 0 Å². The highest BCUT2D eigenvalue weighted by Crippen LogP contribution is 2.40. The molecule has 8 aromatic rings. The highest BCUT2D eigenvalue weighted by molar-refractivity contribution is 6.16. The number of fused-ring (bicyclic) bond motifs is 4. The summed E-state index contributed by atoms with van der Waals surface area (Å²) in [6, 6.07) is 51.3. The summed E-state index contributed by atoms with van der Waals surface area (Å²) in [4.78, 5) is 9.58. The van der Waals surface area contributed by atoms with Gasteiger partial charge in [0.15, 0.2) is 0 Å². The Bertz CT molecular complexity index is 2200. The number of aromatic nitrogens is 3. The van der Waals surface area contributed by atoms with E-state index in [1.54, 1.807) is 0 Å². The Hall–Kier alpha value is -5.54. The molecule has 192 valence electrons. The molecule has 0 N–H and O–H groups in total. The quantitative estimate of drug-likeness (QED) is 0.230. The van der Waals surface area contributed by atoms with Gasteiger partial charge in [-0.25, -0.2) is 4.98 Å². The number of nitrogens with zero attached hydrogens (tertiary/aromatic N) is 3. The summed E-state index contributed by atoms with van der Waals surface area (Å²) in [6.07, 6.45) is 1.87. The average molecular weight is 524 g/mol. The van der Waals surface area contributed by atoms with Crippen LogP contribution in [0.5, 0.6) is 0 Å². The van der Waals surface area contributed by atoms with Gasteiger partial charge in [-0.2, -0.15) is 0 Å². The van der Waals surface area contributed by atoms with Crippen LogP contribution in [0, 0.1) is 0 Å². The molecular weight excluding hydrogens is 498 g/mol. The molecule has 0 saturated heterocycles. The molecule has 2 aromatic heterocycles. The zero-order valence-corrected chi connectivity index (χ0v) is 22.3. The van der Waals surface area contributed by atoms with E-state index in [2.05, 4.69) is 131 Å². The van der Waals surface area contributed by atoms with E-state index in [-0.39, 0.29) is 0 Å². The summed E-state index contributed by atoms with van der Waals surface area (Å²) in [5.74, 6) is 0. The second kappa shape index (κ2) is 9.58. The zero-order valence-electron chi connectivity index (χ0n) is 22.3. The summed E-state index contributed by atoms with van der Waals surface area (Å²) in [7, 11) is 0. The van der Waals surface area contributed by atoms with Gasteiger partial charge in [-0.05, 0) is 70.8 Å². The van der Waals surface area contributed by atoms with Gasteiger partial charge in [-0.1, -0.05) is 97.1 Å². The number of benzene rings is 6. The fraction of sp³-hybridized carbons (Fsp3) is 0. The lowest BCUT2D eigenvalue weighted by Gasteiger charge is -2.10. The van der Waals surface area contributed by atoms with Crippen LogP contribution in [-0.4, -0.2) is 14.5 Å². The van der Waals surface area contributed by atoms with Crippen LogP contribution >= 0.6 is 0 Å². The molecule has 0 amide bonds. The molecule has 0 spiro atoms. The number of hydrogen-bond donors (Lipinski definition) is 0. The van der Waals surface area contributed by atoms with E-state index in [4.69, 9.17) is 4.98 Å². The lowest BCUT2D eigenvalue weighted by molar-refractivity contribution is 1.18. The van der Waals surface area contributed by atoms with Crippen molar-refractivity contribution in [1.82, 2.24) is 14.5 Å². The summed E-state index contributed by atoms with van der Waals surface area (Å²) in [5, 5.41) is 2.47. The highest BCUT2D eigenvalue weighted by Gasteiger charge is 2.17. The summed E-state index contributed by atoms with van der Waals surface area (Å²) in [5.41, 5.74) is 12.0. The molecule has 41 heavy (non-hydrogen) atoms. The maximum Gasteiger partial charge on any atom is 0.0894 e. The Morgan fingerprint density at radius 3 is 2.02 bits per heavy atom. The summed E-state index contributed by atoms with van der Waals surface area (Å²) >= 11 is 0. The predicted molar refractivity (Wildman–Crippen MR) is 170 cm³/mol. The molecule has 0 aliphatic carbocycles. The van der Waals surface area contributed by atoms with Crippen LogP contribution < -0.4 is 0 Å². The van der Waals surface area contributed by atoms with E-state index in [9.17, 15) is 0 Å². The second-order valence-electron chi connectivity index (χ2n) is 10.3. The van der Waals surface area contributed by atoms with Gasteiger partial charge in [0, 0.05) is 22.0 Å². The summed E-state index contributed by atoms with van der Waals surface area (Å²) in [6.45, 7) is 0. The predicted octanol–water partition coefficient (Wildman–Crippen LogP) is 9.73. The SMILES string of the molecule is c1ccc(-c2ccc3c(c2)c2c(-c4cccc(-c5cnc6ccccc6n5)c4)cccc2n3-c2ccccc2)cc1. The van der Waals surface area contributed by atoms with Crippen molar-refractivity contribution in [1.29, 1.82) is 0 Å². The molecule has 8 rings (SSSR count). The highest BCUT2D eigenvalue weighted by atomic mass is 15.0. The van der Waals surface area contributed by atoms with Crippen molar-refractivity contribution >= 4 is 32.8 Å². The Morgan fingerprint density at radius 2 is 1.17 bits per heavy atom. The maximum atomic E-state index is 4.91. The minimum Gasteiger partial charge on any atom is -0.309 e. The standard InChI is InChI=1S/C38H25N3/c1-3-11-26(12-4-1)27-21-22-36-32(24-27)38-31(17-10-20-37(38)41(36)30-15-5-2-6-16-30)28-13-9-14-29(23-28)35-25-39-33-18-7-8-19-34(33)40-35/h1-25H. The van der Waals surface area contributed by atoms with E-state index in [0.717, 1.165) is 33.5 Å². The van der Waals surface area contributed by atoms with Gasteiger partial charge < -0.3 is 4.57 Å². The lowest BCUT2D eigenvalue weighted by Crippen LogP contribution is -1.93. The normalized spacial score (nSPS) is 11.4. The van der Waals surface area contributed by atoms with E-state index < -0.39 is 0 Å². The number of rotatable bonds is 4. The van der Waals surface area contributed by atoms with Crippen LogP contribution in [0.4, 0.5) is 0 Å². The van der Waals surface area contributed by atoms with Crippen LogP contribution in [0.15, 0.2) is 152 Å². The molecule has 0 fully saturated rings. The van der Waals surface area contributed by atoms with Crippen molar-refractivity contribution in [2.75, 3.05) is 0 Å². The van der Waals surface area contributed by atoms with Crippen LogP contribution in [0.2, 0.25) is 0 Å². The minimum absolute atomic E-state index is 0.871. The lowest BCUT2D eigenvalue weighted by atomic mass is 9.96. The maximum absolute atomic E-state index is 4.91. The average Bonchev–Trinajstić information content (AvgIpc) is 3.39. The fourth-order valence-corrected chi connectivity index (χ4v) is 5.92. The molecule has 0 radical (unpaired) electrons. The number of para-hydroxylation sites is 3. The largest absolute Gasteiger partial charge is 0.309 e. The van der Waals surface area contributed by atoms with E-state index >= 15 is 0 Å². The van der Waals surface area contributed by atoms with E-state index in [1.807, 2.05) is 30.5 Å². The first-order chi connectivity index (χ1) is 20.3. The van der Waals surface area contributed by atoms with Crippen molar-refractivity contribution in [3.8, 4) is 39.2 Å². The number of hydrogen-bond acceptors (Lipinski definition) is 2. The van der Waals surface area contributed by atoms with Gasteiger partial charge in [0.2, 0.25) is 0 Å². The Balaban J connectivity index is 1.38. The minimum atomic E-state index is 0.871. The van der Waals surface area contributed by atoms with Crippen molar-refractivity contribution in [3.63, 3.8) is 0 Å². The second-order valence-corrected chi connectivity index (χ2v) is 10.3. The molecule has 0 atom stereocenters. The molecule has 0 saturated carbocycles. The Kier molecular flexibility index (Phi) is 5.46. The molecule has 0 unspecified atom stereocenters. The molecule has 3 heteroatoms. The molecule has 3 nitrogen and oxygen atoms in total. The fourth-order valence-electron chi connectivity index (χ4n) is 5.92. The molecule has 0 bridgehead atoms. The van der Waals surface area contributed by atoms with Gasteiger partial charge in [0.25, 0.3) is 0 Å². The van der Waals surface area contributed by atoms with Crippen molar-refractivity contribution in [2.24, 2.45) is 0 Å². The monoisotopic (exact) mass is 523 g/mol. The molecule has 0 aliphatic rings. The first kappa shape index (κ1) is 23.4. The molecule has 6 aromatic carbocycles. The van der Waals surface area contributed by atoms with Crippen molar-refractivity contribution in [2.45, 2.75) is 0 Å². The van der Waals surface area contributed by atoms with Gasteiger partial charge in [-0.15, -0.1) is 0 Å². The van der Waals surface area contributed by atoms with Crippen molar-refractivity contribution < 1.29 is 0 Å². The zero-order chi connectivity index (χ0) is 27.2. The Morgan fingerprint density at radius 1 is 0.463 bits per heavy atom. The summed E-state index contributed by atoms with van der Waals surface area (Å²) < 4.78 is 2.38. The Labute approximate surface area is 238 Å². The topological polar surface area (TPSA) is 30.7 Å². The van der Waals surface area contributed by atoms with Gasteiger partial charge in [0.05, 0.1) is 34.0 Å². The third-order valence-corrected chi connectivity index (χ3v) is 7.83. The molecule has 0 aliphatic heterocycles. The molecule has 2 heterocycles. The van der Waals surface area contributed by atoms with Crippen LogP contribution in [0.25, 0.3) is 72.0 Å². The van der Waals surface area contributed by atoms with Crippen LogP contribution in [0.1, 0.15) is 0 Å². The van der Waals surface area contributed by atoms with Crippen LogP contribution in [-0.2, 0) is 0 Å². The van der Waals surface area contributed by atoms with Gasteiger partial charge in [0.1, 0.15) is 0 Å². The smallest absolute Gasteiger partial charge is 0.0894 e. The first-order valence-corrected chi connectivity index (χ1v) is 13.8. The van der Waals surface area contributed by atoms with Crippen molar-refractivity contribution in [3.05, 3.63) is 152 Å². The third-order valence-electron chi connectivity index (χ3n) is 7.83. The van der Waals surface area contributed by atoms with Gasteiger partial charge >= 0.3 is 0 Å². The first-order valence-electron chi connectivity index (χ1n) is 13.8. The van der Waals surface area contributed by atoms with E-state index in [0.29, 0.717) is 0 Å². The molecular formula is C38H25N3. The van der Waals surface area contributed by atoms with Gasteiger partial charge in [-0.3, -0.25) is 4.98 Å². The third kappa shape index (κ3) is 3.98.